The number of hydrogen-bond donors (Lipinski definition) is 0. The number of Topliss-reactive ketones (excluding diaryl/α,β-unsaturated/α-hetero) is 2. The first kappa shape index (κ1) is 28.2. The van der Waals surface area contributed by atoms with Gasteiger partial charge in [-0.1, -0.05) is 140 Å². The maximum Gasteiger partial charge on any atom is 0.173 e. The Morgan fingerprint density at radius 3 is 1.55 bits per heavy atom. The van der Waals surface area contributed by atoms with E-state index < -0.39 is 5.41 Å². The molecular formula is C42H40O2. The topological polar surface area (TPSA) is 34.1 Å². The van der Waals surface area contributed by atoms with E-state index in [-0.39, 0.29) is 12.6 Å². The van der Waals surface area contributed by atoms with Crippen LogP contribution in [-0.2, 0) is 25.7 Å². The Labute approximate surface area is 262 Å². The van der Waals surface area contributed by atoms with E-state index in [1.807, 2.05) is 42.5 Å². The molecule has 2 heteroatoms. The van der Waals surface area contributed by atoms with Gasteiger partial charge in [0.1, 0.15) is 0 Å². The van der Waals surface area contributed by atoms with Crippen LogP contribution in [0.1, 0.15) is 81.7 Å². The molecule has 0 aliphatic heterocycles. The lowest BCUT2D eigenvalue weighted by atomic mass is 9.72. The van der Waals surface area contributed by atoms with Crippen molar-refractivity contribution < 1.29 is 11.0 Å². The minimum atomic E-state index is -0.426. The molecule has 0 saturated carbocycles. The fraction of sp³-hybridized carbons (Fsp3) is 0.238. The van der Waals surface area contributed by atoms with Crippen LogP contribution in [0.5, 0.6) is 0 Å². The number of fused-ring (bicyclic) bond motifs is 4. The fourth-order valence-corrected chi connectivity index (χ4v) is 8.14. The molecule has 8 rings (SSSR count). The largest absolute Gasteiger partial charge is 0.293 e. The monoisotopic (exact) mass is 576 g/mol. The first-order valence-corrected chi connectivity index (χ1v) is 15.9. The summed E-state index contributed by atoms with van der Waals surface area (Å²) in [5.41, 5.74) is 11.3. The molecule has 4 aliphatic carbocycles. The molecule has 0 N–H and O–H groups in total. The average molecular weight is 577 g/mol. The number of allylic oxidation sites excluding steroid dienone is 3. The number of carbonyl (C=O) groups is 2. The lowest BCUT2D eigenvalue weighted by molar-refractivity contribution is 0.0847. The summed E-state index contributed by atoms with van der Waals surface area (Å²) in [6.07, 6.45) is 12.6. The molecule has 0 spiro atoms. The fourth-order valence-electron chi connectivity index (χ4n) is 8.14. The van der Waals surface area contributed by atoms with Crippen LogP contribution in [0.4, 0.5) is 0 Å². The Kier molecular flexibility index (Phi) is 7.17. The lowest BCUT2D eigenvalue weighted by Gasteiger charge is -2.29. The van der Waals surface area contributed by atoms with E-state index in [1.165, 1.54) is 44.5 Å². The molecule has 4 aromatic carbocycles. The molecule has 0 amide bonds. The standard InChI is InChI=1S/C21H20O.C21H18O.H2/c2*1-2-11-21(14-17-9-5-6-10-19(17)20(21)22)18-12-15-7-3-4-8-16(15)13-18;/h3-10,12H,2,11,13-14H2,1H3;2-10,12H,1,11,13-14H2;1H. The van der Waals surface area contributed by atoms with Crippen LogP contribution in [-0.4, -0.2) is 11.6 Å². The van der Waals surface area contributed by atoms with Gasteiger partial charge in [-0.25, -0.2) is 0 Å². The summed E-state index contributed by atoms with van der Waals surface area (Å²) >= 11 is 0. The third-order valence-electron chi connectivity index (χ3n) is 10.3. The minimum absolute atomic E-state index is 0. The molecule has 2 unspecified atom stereocenters. The summed E-state index contributed by atoms with van der Waals surface area (Å²) in [6, 6.07) is 33.1. The molecular weight excluding hydrogens is 536 g/mol. The van der Waals surface area contributed by atoms with Crippen molar-refractivity contribution in [2.75, 3.05) is 0 Å². The first-order chi connectivity index (χ1) is 21.5. The molecule has 4 aliphatic rings. The highest BCUT2D eigenvalue weighted by molar-refractivity contribution is 6.08. The van der Waals surface area contributed by atoms with Crippen LogP contribution in [0.25, 0.3) is 12.2 Å². The maximum absolute atomic E-state index is 13.2. The zero-order valence-corrected chi connectivity index (χ0v) is 25.4. The molecule has 0 saturated heterocycles. The van der Waals surface area contributed by atoms with E-state index in [4.69, 9.17) is 0 Å². The Bertz CT molecular complexity index is 1880. The highest BCUT2D eigenvalue weighted by atomic mass is 16.1. The Morgan fingerprint density at radius 1 is 0.636 bits per heavy atom. The molecule has 4 aromatic rings. The summed E-state index contributed by atoms with van der Waals surface area (Å²) in [4.78, 5) is 26.4. The first-order valence-electron chi connectivity index (χ1n) is 15.9. The van der Waals surface area contributed by atoms with Gasteiger partial charge >= 0.3 is 0 Å². The number of hydrogen-bond acceptors (Lipinski definition) is 2. The van der Waals surface area contributed by atoms with Crippen LogP contribution < -0.4 is 0 Å². The molecule has 0 bridgehead atoms. The average Bonchev–Trinajstić information content (AvgIpc) is 3.81. The quantitative estimate of drug-likeness (QED) is 0.214. The lowest BCUT2D eigenvalue weighted by Crippen LogP contribution is -2.30. The van der Waals surface area contributed by atoms with Gasteiger partial charge in [-0.3, -0.25) is 9.59 Å². The Balaban J connectivity index is 0.000000155. The second-order valence-electron chi connectivity index (χ2n) is 12.8. The smallest absolute Gasteiger partial charge is 0.173 e. The number of ketones is 2. The van der Waals surface area contributed by atoms with Gasteiger partial charge in [0.15, 0.2) is 11.6 Å². The summed E-state index contributed by atoms with van der Waals surface area (Å²) in [6.45, 7) is 6.09. The van der Waals surface area contributed by atoms with Gasteiger partial charge in [-0.2, -0.15) is 0 Å². The van der Waals surface area contributed by atoms with E-state index in [2.05, 4.69) is 86.3 Å². The zero-order valence-electron chi connectivity index (χ0n) is 25.4. The highest BCUT2D eigenvalue weighted by Crippen LogP contribution is 2.50. The van der Waals surface area contributed by atoms with Crippen molar-refractivity contribution in [3.63, 3.8) is 0 Å². The SMILES string of the molecule is C=CCC1(C2=Cc3ccccc3C2)Cc2ccccc2C1=O.CCCC1(C2=Cc3ccccc3C2)Cc2ccccc2C1=O.[HH]. The Morgan fingerprint density at radius 2 is 1.07 bits per heavy atom. The molecule has 0 fully saturated rings. The van der Waals surface area contributed by atoms with Gasteiger partial charge < -0.3 is 0 Å². The van der Waals surface area contributed by atoms with Crippen LogP contribution in [0.2, 0.25) is 0 Å². The van der Waals surface area contributed by atoms with Crippen LogP contribution in [0, 0.1) is 10.8 Å². The van der Waals surface area contributed by atoms with E-state index in [1.54, 1.807) is 0 Å². The second-order valence-corrected chi connectivity index (χ2v) is 12.8. The van der Waals surface area contributed by atoms with Crippen molar-refractivity contribution >= 4 is 23.7 Å². The van der Waals surface area contributed by atoms with Crippen molar-refractivity contribution in [2.45, 2.75) is 51.9 Å². The summed E-state index contributed by atoms with van der Waals surface area (Å²) < 4.78 is 0. The molecule has 0 aromatic heterocycles. The number of benzene rings is 4. The van der Waals surface area contributed by atoms with E-state index in [0.717, 1.165) is 49.7 Å². The van der Waals surface area contributed by atoms with Gasteiger partial charge in [0, 0.05) is 12.6 Å². The van der Waals surface area contributed by atoms with E-state index in [9.17, 15) is 9.59 Å². The van der Waals surface area contributed by atoms with Gasteiger partial charge in [0.05, 0.1) is 10.8 Å². The van der Waals surface area contributed by atoms with Gasteiger partial charge in [0.25, 0.3) is 0 Å². The van der Waals surface area contributed by atoms with Crippen LogP contribution in [0.15, 0.2) is 121 Å². The molecule has 2 nitrogen and oxygen atoms in total. The molecule has 0 heterocycles. The van der Waals surface area contributed by atoms with Crippen molar-refractivity contribution in [3.8, 4) is 0 Å². The van der Waals surface area contributed by atoms with Crippen molar-refractivity contribution in [1.82, 2.24) is 0 Å². The Hall–Kier alpha value is -4.56. The highest BCUT2D eigenvalue weighted by Gasteiger charge is 2.49. The van der Waals surface area contributed by atoms with Gasteiger partial charge in [0.2, 0.25) is 0 Å². The van der Waals surface area contributed by atoms with Crippen LogP contribution >= 0.6 is 0 Å². The number of rotatable bonds is 6. The van der Waals surface area contributed by atoms with E-state index in [0.29, 0.717) is 12.2 Å². The summed E-state index contributed by atoms with van der Waals surface area (Å²) in [5, 5.41) is 0. The second kappa shape index (κ2) is 11.2. The predicted octanol–water partition coefficient (Wildman–Crippen LogP) is 9.73. The third kappa shape index (κ3) is 4.47. The number of carbonyl (C=O) groups excluding carboxylic acids is 2. The van der Waals surface area contributed by atoms with Crippen molar-refractivity contribution in [1.29, 1.82) is 0 Å². The predicted molar refractivity (Wildman–Crippen MR) is 182 cm³/mol. The molecule has 0 radical (unpaired) electrons. The molecule has 220 valence electrons. The van der Waals surface area contributed by atoms with Crippen molar-refractivity contribution in [2.24, 2.45) is 10.8 Å². The molecule has 44 heavy (non-hydrogen) atoms. The maximum atomic E-state index is 13.2. The van der Waals surface area contributed by atoms with Crippen LogP contribution in [0.3, 0.4) is 0 Å². The zero-order chi connectivity index (χ0) is 30.3. The minimum Gasteiger partial charge on any atom is -0.293 e. The van der Waals surface area contributed by atoms with Gasteiger partial charge in [-0.15, -0.1) is 6.58 Å². The van der Waals surface area contributed by atoms with E-state index >= 15 is 0 Å². The summed E-state index contributed by atoms with van der Waals surface area (Å²) in [7, 11) is 0. The normalized spacial score (nSPS) is 22.3. The van der Waals surface area contributed by atoms with Crippen molar-refractivity contribution in [3.05, 3.63) is 165 Å². The summed E-state index contributed by atoms with van der Waals surface area (Å²) in [5.74, 6) is 0.603. The van der Waals surface area contributed by atoms with Gasteiger partial charge in [-0.05, 0) is 71.9 Å². The molecule has 2 atom stereocenters. The third-order valence-corrected chi connectivity index (χ3v) is 10.3.